The Morgan fingerprint density at radius 1 is 0.639 bits per heavy atom. The van der Waals surface area contributed by atoms with Crippen molar-refractivity contribution in [3.8, 4) is 0 Å². The molecule has 0 aromatic carbocycles. The molecular formula is C25H47N3O8. The molecule has 2 amide bonds. The minimum absolute atomic E-state index is 0.101. The van der Waals surface area contributed by atoms with E-state index in [9.17, 15) is 19.2 Å². The second-order valence-corrected chi connectivity index (χ2v) is 10.5. The van der Waals surface area contributed by atoms with Crippen LogP contribution in [0.4, 0.5) is 9.59 Å². The molecule has 0 radical (unpaired) electrons. The van der Waals surface area contributed by atoms with E-state index in [2.05, 4.69) is 15.5 Å². The number of esters is 2. The largest absolute Gasteiger partial charge is 0.466 e. The van der Waals surface area contributed by atoms with Crippen LogP contribution in [-0.4, -0.2) is 86.7 Å². The number of hydrogen-bond acceptors (Lipinski definition) is 9. The van der Waals surface area contributed by atoms with E-state index in [-0.39, 0.29) is 37.9 Å². The Morgan fingerprint density at radius 2 is 1.00 bits per heavy atom. The summed E-state index contributed by atoms with van der Waals surface area (Å²) in [4.78, 5) is 48.6. The van der Waals surface area contributed by atoms with E-state index < -0.39 is 23.4 Å². The number of alkyl carbamates (subject to hydrolysis) is 2. The van der Waals surface area contributed by atoms with Crippen molar-refractivity contribution in [3.05, 3.63) is 0 Å². The maximum absolute atomic E-state index is 11.7. The Hall–Kier alpha value is -2.56. The number of carbonyl (C=O) groups excluding carboxylic acids is 4. The van der Waals surface area contributed by atoms with Gasteiger partial charge in [-0.25, -0.2) is 9.59 Å². The first-order chi connectivity index (χ1) is 16.7. The predicted molar refractivity (Wildman–Crippen MR) is 136 cm³/mol. The molecule has 0 spiro atoms. The molecule has 11 heteroatoms. The van der Waals surface area contributed by atoms with Gasteiger partial charge < -0.3 is 34.5 Å². The molecule has 0 unspecified atom stereocenters. The van der Waals surface area contributed by atoms with Crippen LogP contribution in [0, 0.1) is 0 Å². The Labute approximate surface area is 215 Å². The molecule has 0 rings (SSSR count). The van der Waals surface area contributed by atoms with Crippen LogP contribution in [-0.2, 0) is 28.5 Å². The van der Waals surface area contributed by atoms with Crippen molar-refractivity contribution < 1.29 is 38.1 Å². The van der Waals surface area contributed by atoms with Crippen LogP contribution in [0.2, 0.25) is 0 Å². The van der Waals surface area contributed by atoms with E-state index in [0.29, 0.717) is 13.2 Å². The highest BCUT2D eigenvalue weighted by molar-refractivity contribution is 5.72. The number of amides is 2. The molecule has 2 N–H and O–H groups in total. The molecule has 0 fully saturated rings. The summed E-state index contributed by atoms with van der Waals surface area (Å²) in [5, 5.41) is 5.05. The normalized spacial score (nSPS) is 11.6. The zero-order chi connectivity index (χ0) is 27.6. The van der Waals surface area contributed by atoms with Gasteiger partial charge in [0.25, 0.3) is 0 Å². The van der Waals surface area contributed by atoms with Gasteiger partial charge >= 0.3 is 24.1 Å². The predicted octanol–water partition coefficient (Wildman–Crippen LogP) is 3.39. The highest BCUT2D eigenvalue weighted by atomic mass is 16.6. The summed E-state index contributed by atoms with van der Waals surface area (Å²) in [5.41, 5.74) is -1.15. The lowest BCUT2D eigenvalue weighted by Gasteiger charge is -2.19. The third kappa shape index (κ3) is 23.2. The fraction of sp³-hybridized carbons (Fsp3) is 0.840. The third-order valence-corrected chi connectivity index (χ3v) is 4.39. The van der Waals surface area contributed by atoms with Crippen molar-refractivity contribution in [2.75, 3.05) is 46.4 Å². The van der Waals surface area contributed by atoms with Gasteiger partial charge in [0.15, 0.2) is 0 Å². The minimum atomic E-state index is -0.575. The van der Waals surface area contributed by atoms with Gasteiger partial charge in [0.2, 0.25) is 0 Å². The molecule has 0 heterocycles. The number of nitrogens with one attached hydrogen (secondary N) is 2. The summed E-state index contributed by atoms with van der Waals surface area (Å²) in [5.74, 6) is -0.704. The number of nitrogens with zero attached hydrogens (tertiary/aromatic N) is 1. The standard InChI is InChI=1S/C25H47N3O8/c1-24(2,3)35-22(31)26-14-12-20(29)33-18-10-8-16-28(7)17-9-11-19-34-21(30)13-15-27-23(32)36-25(4,5)6/h8-19H2,1-7H3,(H,26,31)(H,27,32). The highest BCUT2D eigenvalue weighted by Gasteiger charge is 2.17. The van der Waals surface area contributed by atoms with E-state index in [1.54, 1.807) is 41.5 Å². The molecule has 210 valence electrons. The summed E-state index contributed by atoms with van der Waals surface area (Å²) >= 11 is 0. The van der Waals surface area contributed by atoms with E-state index >= 15 is 0 Å². The zero-order valence-electron chi connectivity index (χ0n) is 23.2. The SMILES string of the molecule is CN(CCCCOC(=O)CCNC(=O)OC(C)(C)C)CCCCOC(=O)CCNC(=O)OC(C)(C)C. The Kier molecular flexibility index (Phi) is 16.5. The lowest BCUT2D eigenvalue weighted by Crippen LogP contribution is -2.33. The quantitative estimate of drug-likeness (QED) is 0.180. The van der Waals surface area contributed by atoms with Crippen molar-refractivity contribution in [2.45, 2.75) is 91.3 Å². The van der Waals surface area contributed by atoms with Gasteiger partial charge in [-0.3, -0.25) is 9.59 Å². The molecule has 0 aromatic rings. The van der Waals surface area contributed by atoms with Crippen LogP contribution < -0.4 is 10.6 Å². The van der Waals surface area contributed by atoms with Gasteiger partial charge in [-0.15, -0.1) is 0 Å². The summed E-state index contributed by atoms with van der Waals surface area (Å²) < 4.78 is 20.5. The first-order valence-corrected chi connectivity index (χ1v) is 12.6. The highest BCUT2D eigenvalue weighted by Crippen LogP contribution is 2.07. The first-order valence-electron chi connectivity index (χ1n) is 12.6. The Balaban J connectivity index is 3.61. The van der Waals surface area contributed by atoms with Gasteiger partial charge in [-0.1, -0.05) is 0 Å². The van der Waals surface area contributed by atoms with Crippen LogP contribution in [0.1, 0.15) is 80.1 Å². The topological polar surface area (TPSA) is 132 Å². The summed E-state index contributed by atoms with van der Waals surface area (Å²) in [6, 6.07) is 0. The molecule has 0 saturated carbocycles. The number of unbranched alkanes of at least 4 members (excludes halogenated alkanes) is 2. The first kappa shape index (κ1) is 33.4. The molecule has 0 aliphatic heterocycles. The average molecular weight is 518 g/mol. The molecule has 0 aromatic heterocycles. The maximum atomic E-state index is 11.7. The summed E-state index contributed by atoms with van der Waals surface area (Å²) in [6.07, 6.45) is 2.38. The van der Waals surface area contributed by atoms with E-state index in [4.69, 9.17) is 18.9 Å². The number of hydrogen-bond donors (Lipinski definition) is 2. The fourth-order valence-electron chi connectivity index (χ4n) is 2.76. The van der Waals surface area contributed by atoms with Crippen LogP contribution in [0.3, 0.4) is 0 Å². The smallest absolute Gasteiger partial charge is 0.407 e. The second-order valence-electron chi connectivity index (χ2n) is 10.5. The lowest BCUT2D eigenvalue weighted by molar-refractivity contribution is -0.144. The lowest BCUT2D eigenvalue weighted by atomic mass is 10.2. The molecule has 0 atom stereocenters. The van der Waals surface area contributed by atoms with Gasteiger partial charge in [0.05, 0.1) is 26.1 Å². The van der Waals surface area contributed by atoms with Crippen molar-refractivity contribution in [3.63, 3.8) is 0 Å². The number of carbonyl (C=O) groups is 4. The van der Waals surface area contributed by atoms with Crippen LogP contribution in [0.25, 0.3) is 0 Å². The van der Waals surface area contributed by atoms with Crippen LogP contribution in [0.5, 0.6) is 0 Å². The summed E-state index contributed by atoms with van der Waals surface area (Å²) in [7, 11) is 2.02. The molecule has 36 heavy (non-hydrogen) atoms. The third-order valence-electron chi connectivity index (χ3n) is 4.39. The molecule has 0 saturated heterocycles. The summed E-state index contributed by atoms with van der Waals surface area (Å²) in [6.45, 7) is 13.4. The average Bonchev–Trinajstić information content (AvgIpc) is 2.70. The minimum Gasteiger partial charge on any atom is -0.466 e. The molecule has 0 aliphatic carbocycles. The van der Waals surface area contributed by atoms with E-state index in [1.165, 1.54) is 0 Å². The number of ether oxygens (including phenoxy) is 4. The maximum Gasteiger partial charge on any atom is 0.407 e. The molecular weight excluding hydrogens is 470 g/mol. The molecule has 0 bridgehead atoms. The number of rotatable bonds is 16. The second kappa shape index (κ2) is 17.8. The van der Waals surface area contributed by atoms with Gasteiger partial charge in [-0.05, 0) is 87.4 Å². The van der Waals surface area contributed by atoms with Gasteiger partial charge in [0, 0.05) is 13.1 Å². The van der Waals surface area contributed by atoms with E-state index in [0.717, 1.165) is 38.8 Å². The van der Waals surface area contributed by atoms with Crippen molar-refractivity contribution in [1.82, 2.24) is 15.5 Å². The van der Waals surface area contributed by atoms with Crippen LogP contribution >= 0.6 is 0 Å². The van der Waals surface area contributed by atoms with E-state index in [1.807, 2.05) is 7.05 Å². The molecule has 11 nitrogen and oxygen atoms in total. The Bertz CT molecular complexity index is 615. The van der Waals surface area contributed by atoms with Gasteiger partial charge in [0.1, 0.15) is 11.2 Å². The Morgan fingerprint density at radius 3 is 1.33 bits per heavy atom. The van der Waals surface area contributed by atoms with Crippen LogP contribution in [0.15, 0.2) is 0 Å². The van der Waals surface area contributed by atoms with Gasteiger partial charge in [-0.2, -0.15) is 0 Å². The van der Waals surface area contributed by atoms with Crippen molar-refractivity contribution in [2.24, 2.45) is 0 Å². The molecule has 0 aliphatic rings. The monoisotopic (exact) mass is 517 g/mol. The zero-order valence-corrected chi connectivity index (χ0v) is 23.2. The van der Waals surface area contributed by atoms with Crippen molar-refractivity contribution in [1.29, 1.82) is 0 Å². The fourth-order valence-corrected chi connectivity index (χ4v) is 2.76. The van der Waals surface area contributed by atoms with Crippen molar-refractivity contribution >= 4 is 24.1 Å².